The molecular weight excluding hydrogens is 416 g/mol. The summed E-state index contributed by atoms with van der Waals surface area (Å²) in [6.07, 6.45) is 8.85. The number of hydrogen-bond donors (Lipinski definition) is 1. The molecule has 8 nitrogen and oxygen atoms in total. The van der Waals surface area contributed by atoms with Gasteiger partial charge in [0.2, 0.25) is 11.9 Å². The van der Waals surface area contributed by atoms with Crippen molar-refractivity contribution in [2.45, 2.75) is 51.0 Å². The maximum atomic E-state index is 12.9. The Balaban J connectivity index is 1.38. The van der Waals surface area contributed by atoms with Crippen molar-refractivity contribution in [3.63, 3.8) is 0 Å². The molecule has 2 aromatic rings. The number of piperazine rings is 1. The normalized spacial score (nSPS) is 20.0. The molecule has 2 aliphatic heterocycles. The highest BCUT2D eigenvalue weighted by molar-refractivity contribution is 5.96. The van der Waals surface area contributed by atoms with Gasteiger partial charge in [-0.15, -0.1) is 0 Å². The van der Waals surface area contributed by atoms with Gasteiger partial charge >= 0.3 is 0 Å². The first kappa shape index (κ1) is 21.9. The highest BCUT2D eigenvalue weighted by Gasteiger charge is 2.33. The first-order chi connectivity index (χ1) is 16.1. The number of carbonyl (C=O) groups is 1. The van der Waals surface area contributed by atoms with Crippen LogP contribution in [0.5, 0.6) is 5.75 Å². The number of carbonyl (C=O) groups excluding carboxylic acids is 1. The second-order valence-electron chi connectivity index (χ2n) is 9.40. The van der Waals surface area contributed by atoms with Crippen molar-refractivity contribution in [1.29, 1.82) is 0 Å². The van der Waals surface area contributed by atoms with Crippen LogP contribution in [0.25, 0.3) is 0 Å². The number of anilines is 4. The van der Waals surface area contributed by atoms with E-state index in [1.54, 1.807) is 7.11 Å². The minimum Gasteiger partial charge on any atom is -0.494 e. The Labute approximate surface area is 195 Å². The second-order valence-corrected chi connectivity index (χ2v) is 9.40. The zero-order chi connectivity index (χ0) is 22.8. The number of nitrogens with one attached hydrogen (secondary N) is 1. The summed E-state index contributed by atoms with van der Waals surface area (Å²) < 4.78 is 5.70. The van der Waals surface area contributed by atoms with E-state index in [1.807, 2.05) is 17.2 Å². The van der Waals surface area contributed by atoms with Crippen molar-refractivity contribution in [1.82, 2.24) is 14.9 Å². The monoisotopic (exact) mass is 450 g/mol. The molecule has 1 amide bonds. The zero-order valence-corrected chi connectivity index (χ0v) is 19.7. The molecule has 5 rings (SSSR count). The Morgan fingerprint density at radius 3 is 2.61 bits per heavy atom. The minimum atomic E-state index is 0.188. The van der Waals surface area contributed by atoms with Crippen molar-refractivity contribution in [3.8, 4) is 5.75 Å². The lowest BCUT2D eigenvalue weighted by Gasteiger charge is -2.37. The number of ether oxygens (including phenoxy) is 1. The predicted octanol–water partition coefficient (Wildman–Crippen LogP) is 3.59. The quantitative estimate of drug-likeness (QED) is 0.746. The first-order valence-corrected chi connectivity index (χ1v) is 12.2. The van der Waals surface area contributed by atoms with Crippen LogP contribution < -0.4 is 19.9 Å². The lowest BCUT2D eigenvalue weighted by Crippen LogP contribution is -2.45. The molecule has 0 bridgehead atoms. The summed E-state index contributed by atoms with van der Waals surface area (Å²) in [7, 11) is 3.85. The maximum Gasteiger partial charge on any atom is 0.229 e. The third kappa shape index (κ3) is 4.62. The van der Waals surface area contributed by atoms with E-state index in [1.165, 1.54) is 19.3 Å². The molecule has 2 fully saturated rings. The topological polar surface area (TPSA) is 73.8 Å². The molecule has 1 aromatic carbocycles. The molecule has 176 valence electrons. The number of nitrogens with zero attached hydrogens (tertiary/aromatic N) is 5. The number of benzene rings is 1. The Kier molecular flexibility index (Phi) is 6.35. The summed E-state index contributed by atoms with van der Waals surface area (Å²) in [6, 6.07) is 6.47. The van der Waals surface area contributed by atoms with Crippen molar-refractivity contribution in [2.24, 2.45) is 0 Å². The standard InChI is InChI=1S/C25H34N6O2/c1-29-12-14-30(15-13-29)20-9-10-21(22(16-20)33-2)27-25-26-17-18-8-11-23(32)31(24(18)28-25)19-6-4-3-5-7-19/h9-10,16-17,19H,3-8,11-15H2,1-2H3,(H,26,27,28). The van der Waals surface area contributed by atoms with Gasteiger partial charge in [-0.25, -0.2) is 4.98 Å². The van der Waals surface area contributed by atoms with E-state index in [9.17, 15) is 4.79 Å². The van der Waals surface area contributed by atoms with Gasteiger partial charge in [-0.1, -0.05) is 19.3 Å². The first-order valence-electron chi connectivity index (χ1n) is 12.2. The van der Waals surface area contributed by atoms with Crippen LogP contribution in [0.4, 0.5) is 23.1 Å². The van der Waals surface area contributed by atoms with Gasteiger partial charge < -0.3 is 19.9 Å². The largest absolute Gasteiger partial charge is 0.494 e. The molecule has 33 heavy (non-hydrogen) atoms. The van der Waals surface area contributed by atoms with Gasteiger partial charge in [0.25, 0.3) is 0 Å². The molecule has 8 heteroatoms. The van der Waals surface area contributed by atoms with E-state index >= 15 is 0 Å². The number of likely N-dealkylation sites (N-methyl/N-ethyl adjacent to an activating group) is 1. The lowest BCUT2D eigenvalue weighted by molar-refractivity contribution is -0.119. The molecular formula is C25H34N6O2. The number of fused-ring (bicyclic) bond motifs is 1. The molecule has 0 spiro atoms. The molecule has 1 aromatic heterocycles. The van der Waals surface area contributed by atoms with E-state index in [-0.39, 0.29) is 11.9 Å². The zero-order valence-electron chi connectivity index (χ0n) is 19.7. The van der Waals surface area contributed by atoms with Gasteiger partial charge in [0.15, 0.2) is 0 Å². The van der Waals surface area contributed by atoms with E-state index in [0.29, 0.717) is 18.8 Å². The molecule has 0 atom stereocenters. The Morgan fingerprint density at radius 2 is 1.85 bits per heavy atom. The highest BCUT2D eigenvalue weighted by atomic mass is 16.5. The molecule has 1 saturated carbocycles. The van der Waals surface area contributed by atoms with E-state index in [2.05, 4.69) is 39.3 Å². The average molecular weight is 451 g/mol. The van der Waals surface area contributed by atoms with E-state index < -0.39 is 0 Å². The molecule has 0 radical (unpaired) electrons. The van der Waals surface area contributed by atoms with Crippen LogP contribution in [0, 0.1) is 0 Å². The fourth-order valence-corrected chi connectivity index (χ4v) is 5.20. The smallest absolute Gasteiger partial charge is 0.229 e. The van der Waals surface area contributed by atoms with E-state index in [4.69, 9.17) is 9.72 Å². The van der Waals surface area contributed by atoms with Crippen molar-refractivity contribution in [3.05, 3.63) is 30.0 Å². The van der Waals surface area contributed by atoms with Crippen LogP contribution >= 0.6 is 0 Å². The Morgan fingerprint density at radius 1 is 1.06 bits per heavy atom. The average Bonchev–Trinajstić information content (AvgIpc) is 2.85. The third-order valence-electron chi connectivity index (χ3n) is 7.19. The van der Waals surface area contributed by atoms with Gasteiger partial charge in [0.1, 0.15) is 11.6 Å². The summed E-state index contributed by atoms with van der Waals surface area (Å²) >= 11 is 0. The third-order valence-corrected chi connectivity index (χ3v) is 7.19. The van der Waals surface area contributed by atoms with Crippen molar-refractivity contribution in [2.75, 3.05) is 55.5 Å². The minimum absolute atomic E-state index is 0.188. The Hall–Kier alpha value is -2.87. The Bertz CT molecular complexity index is 998. The molecule has 1 aliphatic carbocycles. The van der Waals surface area contributed by atoms with Gasteiger partial charge in [-0.3, -0.25) is 9.69 Å². The number of amides is 1. The summed E-state index contributed by atoms with van der Waals surface area (Å²) in [4.78, 5) is 28.9. The van der Waals surface area contributed by atoms with Crippen LogP contribution in [0.15, 0.2) is 24.4 Å². The van der Waals surface area contributed by atoms with Crippen LogP contribution in [0.3, 0.4) is 0 Å². The van der Waals surface area contributed by atoms with Crippen LogP contribution in [-0.2, 0) is 11.2 Å². The van der Waals surface area contributed by atoms with Crippen LogP contribution in [0.2, 0.25) is 0 Å². The summed E-state index contributed by atoms with van der Waals surface area (Å²) in [6.45, 7) is 4.12. The predicted molar refractivity (Wildman–Crippen MR) is 131 cm³/mol. The summed E-state index contributed by atoms with van der Waals surface area (Å²) in [5, 5.41) is 3.34. The van der Waals surface area contributed by atoms with E-state index in [0.717, 1.165) is 67.5 Å². The maximum absolute atomic E-state index is 12.9. The van der Waals surface area contributed by atoms with Gasteiger partial charge in [-0.2, -0.15) is 4.98 Å². The second kappa shape index (κ2) is 9.55. The van der Waals surface area contributed by atoms with Crippen LogP contribution in [0.1, 0.15) is 44.1 Å². The van der Waals surface area contributed by atoms with Gasteiger partial charge in [0.05, 0.1) is 12.8 Å². The summed E-state index contributed by atoms with van der Waals surface area (Å²) in [5.74, 6) is 2.22. The highest BCUT2D eigenvalue weighted by Crippen LogP contribution is 2.35. The molecule has 3 aliphatic rings. The molecule has 1 saturated heterocycles. The summed E-state index contributed by atoms with van der Waals surface area (Å²) in [5.41, 5.74) is 3.04. The van der Waals surface area contributed by atoms with Crippen molar-refractivity contribution >= 4 is 29.0 Å². The molecule has 3 heterocycles. The fourth-order valence-electron chi connectivity index (χ4n) is 5.20. The lowest BCUT2D eigenvalue weighted by atomic mass is 9.92. The number of methoxy groups -OCH3 is 1. The number of hydrogen-bond acceptors (Lipinski definition) is 7. The van der Waals surface area contributed by atoms with Crippen molar-refractivity contribution < 1.29 is 9.53 Å². The molecule has 0 unspecified atom stereocenters. The number of aryl methyl sites for hydroxylation is 1. The van der Waals surface area contributed by atoms with Crippen LogP contribution in [-0.4, -0.2) is 67.2 Å². The number of rotatable bonds is 5. The SMILES string of the molecule is COc1cc(N2CCN(C)CC2)ccc1Nc1ncc2c(n1)N(C1CCCCC1)C(=O)CC2. The number of aromatic nitrogens is 2. The van der Waals surface area contributed by atoms with Gasteiger partial charge in [0, 0.05) is 62.2 Å². The van der Waals surface area contributed by atoms with Gasteiger partial charge in [-0.05, 0) is 38.4 Å². The molecule has 1 N–H and O–H groups in total. The fraction of sp³-hybridized carbons (Fsp3) is 0.560.